The summed E-state index contributed by atoms with van der Waals surface area (Å²) in [6.07, 6.45) is 5.21. The predicted molar refractivity (Wildman–Crippen MR) is 116 cm³/mol. The first-order valence-electron chi connectivity index (χ1n) is 10.3. The van der Waals surface area contributed by atoms with Gasteiger partial charge in [-0.3, -0.25) is 14.3 Å². The number of hydrogen-bond acceptors (Lipinski definition) is 3. The molecule has 1 aliphatic heterocycles. The first-order valence-corrected chi connectivity index (χ1v) is 10.3. The molecule has 0 saturated carbocycles. The van der Waals surface area contributed by atoms with Gasteiger partial charge in [-0.05, 0) is 29.5 Å². The highest BCUT2D eigenvalue weighted by atomic mass is 16.2. The van der Waals surface area contributed by atoms with Crippen molar-refractivity contribution in [2.75, 3.05) is 13.1 Å². The number of amides is 2. The molecule has 1 saturated heterocycles. The van der Waals surface area contributed by atoms with E-state index in [1.54, 1.807) is 24.1 Å². The first-order chi connectivity index (χ1) is 14.6. The molecule has 6 heteroatoms. The molecule has 1 N–H and O–H groups in total. The Labute approximate surface area is 176 Å². The number of benzene rings is 2. The second kappa shape index (κ2) is 8.95. The fraction of sp³-hybridized carbons (Fsp3) is 0.292. The quantitative estimate of drug-likeness (QED) is 0.713. The van der Waals surface area contributed by atoms with Crippen LogP contribution in [0.5, 0.6) is 0 Å². The van der Waals surface area contributed by atoms with Crippen LogP contribution in [0.3, 0.4) is 0 Å². The van der Waals surface area contributed by atoms with Crippen molar-refractivity contribution in [3.8, 4) is 11.1 Å². The summed E-state index contributed by atoms with van der Waals surface area (Å²) in [5.74, 6) is 0.0332. The molecule has 0 aliphatic carbocycles. The third kappa shape index (κ3) is 4.76. The lowest BCUT2D eigenvalue weighted by atomic mass is 10.0. The lowest BCUT2D eigenvalue weighted by Gasteiger charge is -2.32. The largest absolute Gasteiger partial charge is 0.349 e. The number of piperidine rings is 1. The SMILES string of the molecule is Cn1cc(C(=O)NC2CCN(C(=O)Cc3ccc(-c4ccccc4)cc3)CC2)cn1. The van der Waals surface area contributed by atoms with Gasteiger partial charge in [0.1, 0.15) is 0 Å². The third-order valence-electron chi connectivity index (χ3n) is 5.57. The summed E-state index contributed by atoms with van der Waals surface area (Å²) in [5, 5.41) is 7.08. The summed E-state index contributed by atoms with van der Waals surface area (Å²) in [6, 6.07) is 18.5. The maximum Gasteiger partial charge on any atom is 0.254 e. The molecule has 0 bridgehead atoms. The van der Waals surface area contributed by atoms with Crippen LogP contribution in [0.1, 0.15) is 28.8 Å². The van der Waals surface area contributed by atoms with E-state index >= 15 is 0 Å². The van der Waals surface area contributed by atoms with Crippen molar-refractivity contribution in [2.24, 2.45) is 7.05 Å². The number of aromatic nitrogens is 2. The molecule has 4 rings (SSSR count). The molecule has 30 heavy (non-hydrogen) atoms. The van der Waals surface area contributed by atoms with Gasteiger partial charge in [0.05, 0.1) is 18.2 Å². The number of nitrogens with zero attached hydrogens (tertiary/aromatic N) is 3. The van der Waals surface area contributed by atoms with Crippen LogP contribution in [0.2, 0.25) is 0 Å². The van der Waals surface area contributed by atoms with Crippen LogP contribution in [-0.4, -0.2) is 45.6 Å². The Hall–Kier alpha value is -3.41. The zero-order valence-electron chi connectivity index (χ0n) is 17.1. The fourth-order valence-corrected chi connectivity index (χ4v) is 3.81. The molecule has 154 valence electrons. The summed E-state index contributed by atoms with van der Waals surface area (Å²) >= 11 is 0. The van der Waals surface area contributed by atoms with Crippen LogP contribution >= 0.6 is 0 Å². The molecule has 2 amide bonds. The zero-order valence-corrected chi connectivity index (χ0v) is 17.1. The van der Waals surface area contributed by atoms with E-state index in [1.165, 1.54) is 5.56 Å². The van der Waals surface area contributed by atoms with Gasteiger partial charge in [-0.25, -0.2) is 0 Å². The van der Waals surface area contributed by atoms with E-state index in [-0.39, 0.29) is 17.9 Å². The van der Waals surface area contributed by atoms with Gasteiger partial charge in [0.2, 0.25) is 5.91 Å². The Morgan fingerprint density at radius 3 is 2.30 bits per heavy atom. The Balaban J connectivity index is 1.27. The van der Waals surface area contributed by atoms with Gasteiger partial charge < -0.3 is 10.2 Å². The first kappa shape index (κ1) is 19.9. The summed E-state index contributed by atoms with van der Waals surface area (Å²) in [4.78, 5) is 26.9. The lowest BCUT2D eigenvalue weighted by Crippen LogP contribution is -2.46. The molecule has 0 unspecified atom stereocenters. The number of likely N-dealkylation sites (tertiary alicyclic amines) is 1. The monoisotopic (exact) mass is 402 g/mol. The molecular formula is C24H26N4O2. The molecule has 1 aliphatic rings. The van der Waals surface area contributed by atoms with Crippen molar-refractivity contribution in [3.63, 3.8) is 0 Å². The Kier molecular flexibility index (Phi) is 5.93. The normalized spacial score (nSPS) is 14.5. The molecule has 0 atom stereocenters. The second-order valence-corrected chi connectivity index (χ2v) is 7.77. The number of aryl methyl sites for hydroxylation is 1. The topological polar surface area (TPSA) is 67.2 Å². The second-order valence-electron chi connectivity index (χ2n) is 7.77. The Bertz CT molecular complexity index is 1000. The molecule has 2 aromatic carbocycles. The highest BCUT2D eigenvalue weighted by molar-refractivity contribution is 5.93. The van der Waals surface area contributed by atoms with Crippen molar-refractivity contribution in [1.29, 1.82) is 0 Å². The van der Waals surface area contributed by atoms with E-state index in [0.29, 0.717) is 25.1 Å². The van der Waals surface area contributed by atoms with E-state index in [2.05, 4.69) is 34.7 Å². The van der Waals surface area contributed by atoms with Crippen LogP contribution in [0.4, 0.5) is 0 Å². The summed E-state index contributed by atoms with van der Waals surface area (Å²) in [5.41, 5.74) is 3.91. The molecule has 2 heterocycles. The average molecular weight is 402 g/mol. The fourth-order valence-electron chi connectivity index (χ4n) is 3.81. The molecule has 1 fully saturated rings. The molecular weight excluding hydrogens is 376 g/mol. The van der Waals surface area contributed by atoms with E-state index < -0.39 is 0 Å². The minimum atomic E-state index is -0.105. The molecule has 0 spiro atoms. The molecule has 1 aromatic heterocycles. The van der Waals surface area contributed by atoms with Crippen molar-refractivity contribution in [3.05, 3.63) is 78.1 Å². The van der Waals surface area contributed by atoms with Crippen LogP contribution in [-0.2, 0) is 18.3 Å². The number of nitrogens with one attached hydrogen (secondary N) is 1. The van der Waals surface area contributed by atoms with Gasteiger partial charge in [-0.15, -0.1) is 0 Å². The van der Waals surface area contributed by atoms with E-state index in [0.717, 1.165) is 24.0 Å². The molecule has 0 radical (unpaired) electrons. The van der Waals surface area contributed by atoms with Crippen LogP contribution < -0.4 is 5.32 Å². The average Bonchev–Trinajstić information content (AvgIpc) is 3.22. The van der Waals surface area contributed by atoms with Gasteiger partial charge in [0.15, 0.2) is 0 Å². The predicted octanol–water partition coefficient (Wildman–Crippen LogP) is 3.05. The van der Waals surface area contributed by atoms with Gasteiger partial charge in [0, 0.05) is 32.4 Å². The van der Waals surface area contributed by atoms with Crippen molar-refractivity contribution < 1.29 is 9.59 Å². The minimum absolute atomic E-state index is 0.0897. The smallest absolute Gasteiger partial charge is 0.254 e. The maximum absolute atomic E-state index is 12.7. The van der Waals surface area contributed by atoms with Crippen LogP contribution in [0.25, 0.3) is 11.1 Å². The van der Waals surface area contributed by atoms with Crippen molar-refractivity contribution in [2.45, 2.75) is 25.3 Å². The number of rotatable bonds is 5. The zero-order chi connectivity index (χ0) is 20.9. The van der Waals surface area contributed by atoms with Gasteiger partial charge in [0.25, 0.3) is 5.91 Å². The van der Waals surface area contributed by atoms with E-state index in [1.807, 2.05) is 35.2 Å². The summed E-state index contributed by atoms with van der Waals surface area (Å²) < 4.78 is 1.61. The maximum atomic E-state index is 12.7. The van der Waals surface area contributed by atoms with Crippen molar-refractivity contribution >= 4 is 11.8 Å². The standard InChI is InChI=1S/C24H26N4O2/c1-27-17-21(16-25-27)24(30)26-22-11-13-28(14-12-22)23(29)15-18-7-9-20(10-8-18)19-5-3-2-4-6-19/h2-10,16-17,22H,11-15H2,1H3,(H,26,30). The van der Waals surface area contributed by atoms with Crippen molar-refractivity contribution in [1.82, 2.24) is 20.0 Å². The summed E-state index contributed by atoms with van der Waals surface area (Å²) in [6.45, 7) is 1.33. The number of carbonyl (C=O) groups is 2. The van der Waals surface area contributed by atoms with Gasteiger partial charge in [-0.1, -0.05) is 54.6 Å². The van der Waals surface area contributed by atoms with E-state index in [4.69, 9.17) is 0 Å². The minimum Gasteiger partial charge on any atom is -0.349 e. The third-order valence-corrected chi connectivity index (χ3v) is 5.57. The van der Waals surface area contributed by atoms with Gasteiger partial charge >= 0.3 is 0 Å². The highest BCUT2D eigenvalue weighted by Gasteiger charge is 2.24. The Morgan fingerprint density at radius 2 is 1.67 bits per heavy atom. The molecule has 3 aromatic rings. The Morgan fingerprint density at radius 1 is 1.00 bits per heavy atom. The van der Waals surface area contributed by atoms with Crippen LogP contribution in [0, 0.1) is 0 Å². The number of carbonyl (C=O) groups excluding carboxylic acids is 2. The summed E-state index contributed by atoms with van der Waals surface area (Å²) in [7, 11) is 1.79. The number of hydrogen-bond donors (Lipinski definition) is 1. The lowest BCUT2D eigenvalue weighted by molar-refractivity contribution is -0.131. The van der Waals surface area contributed by atoms with Gasteiger partial charge in [-0.2, -0.15) is 5.10 Å². The molecule has 6 nitrogen and oxygen atoms in total. The highest BCUT2D eigenvalue weighted by Crippen LogP contribution is 2.20. The van der Waals surface area contributed by atoms with E-state index in [9.17, 15) is 9.59 Å². The van der Waals surface area contributed by atoms with Crippen LogP contribution in [0.15, 0.2) is 67.0 Å².